The van der Waals surface area contributed by atoms with Crippen molar-refractivity contribution in [2.75, 3.05) is 0 Å². The van der Waals surface area contributed by atoms with Crippen molar-refractivity contribution >= 4 is 43.6 Å². The van der Waals surface area contributed by atoms with Crippen LogP contribution in [0.15, 0.2) is 219 Å². The number of fused-ring (bicyclic) bond motifs is 6. The Balaban J connectivity index is 0.991. The fourth-order valence-electron chi connectivity index (χ4n) is 9.01. The summed E-state index contributed by atoms with van der Waals surface area (Å²) in [6.07, 6.45) is 1.86. The molecule has 8 aromatic carbocycles. The SMILES string of the molecule is c1ccc(-c2nc(-c3ccccc3)nc(-c3cc(-c4cccc5c4c4ccccc4n5-c4cccc(-c5ccc6c7ccccc7n(-c7ccccc7)c6c5)c4)ccn3)n2)cc1. The van der Waals surface area contributed by atoms with Crippen molar-refractivity contribution in [3.05, 3.63) is 219 Å². The molecule has 290 valence electrons. The second kappa shape index (κ2) is 14.7. The first-order valence-corrected chi connectivity index (χ1v) is 20.8. The van der Waals surface area contributed by atoms with Gasteiger partial charge in [0.1, 0.15) is 5.69 Å². The van der Waals surface area contributed by atoms with E-state index in [9.17, 15) is 0 Å². The molecule has 0 aliphatic heterocycles. The molecule has 0 amide bonds. The van der Waals surface area contributed by atoms with Gasteiger partial charge >= 0.3 is 0 Å². The van der Waals surface area contributed by atoms with Gasteiger partial charge in [0.2, 0.25) is 0 Å². The molecule has 0 aliphatic rings. The maximum atomic E-state index is 4.98. The molecule has 0 radical (unpaired) electrons. The van der Waals surface area contributed by atoms with Crippen molar-refractivity contribution < 1.29 is 0 Å². The van der Waals surface area contributed by atoms with E-state index in [2.05, 4.69) is 161 Å². The first kappa shape index (κ1) is 35.5. The van der Waals surface area contributed by atoms with Gasteiger partial charge in [-0.25, -0.2) is 15.0 Å². The summed E-state index contributed by atoms with van der Waals surface area (Å²) in [4.78, 5) is 19.7. The van der Waals surface area contributed by atoms with E-state index >= 15 is 0 Å². The maximum absolute atomic E-state index is 4.98. The third-order valence-electron chi connectivity index (χ3n) is 11.8. The van der Waals surface area contributed by atoms with Crippen LogP contribution in [0.1, 0.15) is 0 Å². The van der Waals surface area contributed by atoms with Gasteiger partial charge in [-0.05, 0) is 82.9 Å². The Morgan fingerprint density at radius 3 is 1.58 bits per heavy atom. The summed E-state index contributed by atoms with van der Waals surface area (Å²) in [6, 6.07) is 74.6. The summed E-state index contributed by atoms with van der Waals surface area (Å²) >= 11 is 0. The normalized spacial score (nSPS) is 11.5. The van der Waals surface area contributed by atoms with E-state index in [1.165, 1.54) is 32.6 Å². The topological polar surface area (TPSA) is 61.4 Å². The first-order valence-electron chi connectivity index (χ1n) is 20.8. The Morgan fingerprint density at radius 1 is 0.306 bits per heavy atom. The molecular formula is C56H36N6. The first-order chi connectivity index (χ1) is 30.7. The van der Waals surface area contributed by atoms with Crippen LogP contribution < -0.4 is 0 Å². The molecule has 6 nitrogen and oxygen atoms in total. The molecule has 6 heteroatoms. The van der Waals surface area contributed by atoms with Crippen molar-refractivity contribution in [1.29, 1.82) is 0 Å². The van der Waals surface area contributed by atoms with Gasteiger partial charge in [-0.3, -0.25) is 4.98 Å². The number of nitrogens with zero attached hydrogens (tertiary/aromatic N) is 6. The molecule has 4 heterocycles. The lowest BCUT2D eigenvalue weighted by atomic mass is 9.99. The fourth-order valence-corrected chi connectivity index (χ4v) is 9.01. The van der Waals surface area contributed by atoms with E-state index in [0.717, 1.165) is 55.8 Å². The van der Waals surface area contributed by atoms with Crippen LogP contribution >= 0.6 is 0 Å². The molecule has 0 spiro atoms. The summed E-state index contributed by atoms with van der Waals surface area (Å²) in [6.45, 7) is 0. The monoisotopic (exact) mass is 792 g/mol. The second-order valence-corrected chi connectivity index (χ2v) is 15.5. The van der Waals surface area contributed by atoms with E-state index in [0.29, 0.717) is 23.2 Å². The highest BCUT2D eigenvalue weighted by Gasteiger charge is 2.19. The Labute approximate surface area is 357 Å². The van der Waals surface area contributed by atoms with Gasteiger partial charge in [0.15, 0.2) is 17.5 Å². The summed E-state index contributed by atoms with van der Waals surface area (Å²) in [5, 5.41) is 4.83. The molecule has 0 unspecified atom stereocenters. The molecule has 0 saturated heterocycles. The standard InChI is InChI=1S/C56H36N6/c1-4-16-37(17-5-1)54-58-55(38-18-6-2-7-19-38)60-56(59-54)48-35-41(32-33-57-48)44-26-15-29-51-53(44)47-25-11-13-28-50(47)62(51)43-23-14-20-39(34-43)40-30-31-46-45-24-10-12-27-49(45)61(52(46)36-40)42-21-8-3-9-22-42/h1-36H. The van der Waals surface area contributed by atoms with Crippen LogP contribution in [-0.4, -0.2) is 29.1 Å². The van der Waals surface area contributed by atoms with E-state index in [4.69, 9.17) is 19.9 Å². The Morgan fingerprint density at radius 2 is 0.839 bits per heavy atom. The van der Waals surface area contributed by atoms with Gasteiger partial charge in [0.05, 0.1) is 22.1 Å². The zero-order valence-electron chi connectivity index (χ0n) is 33.5. The van der Waals surface area contributed by atoms with Crippen LogP contribution in [0.5, 0.6) is 0 Å². The number of hydrogen-bond donors (Lipinski definition) is 0. The van der Waals surface area contributed by atoms with Crippen LogP contribution in [0.4, 0.5) is 0 Å². The minimum Gasteiger partial charge on any atom is -0.309 e. The van der Waals surface area contributed by atoms with Crippen molar-refractivity contribution in [3.63, 3.8) is 0 Å². The fraction of sp³-hybridized carbons (Fsp3) is 0. The second-order valence-electron chi connectivity index (χ2n) is 15.5. The summed E-state index contributed by atoms with van der Waals surface area (Å²) in [5.74, 6) is 1.73. The lowest BCUT2D eigenvalue weighted by molar-refractivity contribution is 1.06. The third-order valence-corrected chi connectivity index (χ3v) is 11.8. The number of pyridine rings is 1. The average molecular weight is 793 g/mol. The largest absolute Gasteiger partial charge is 0.309 e. The van der Waals surface area contributed by atoms with Crippen LogP contribution in [0.2, 0.25) is 0 Å². The highest BCUT2D eigenvalue weighted by atomic mass is 15.0. The lowest BCUT2D eigenvalue weighted by Crippen LogP contribution is -2.01. The Hall–Kier alpha value is -8.48. The molecule has 0 N–H and O–H groups in total. The predicted octanol–water partition coefficient (Wildman–Crippen LogP) is 13.8. The molecule has 12 aromatic rings. The summed E-state index contributed by atoms with van der Waals surface area (Å²) < 4.78 is 4.77. The number of para-hydroxylation sites is 3. The van der Waals surface area contributed by atoms with E-state index in [-0.39, 0.29) is 0 Å². The minimum absolute atomic E-state index is 0.522. The number of hydrogen-bond acceptors (Lipinski definition) is 4. The predicted molar refractivity (Wildman–Crippen MR) is 253 cm³/mol. The quantitative estimate of drug-likeness (QED) is 0.161. The van der Waals surface area contributed by atoms with Gasteiger partial charge in [-0.15, -0.1) is 0 Å². The smallest absolute Gasteiger partial charge is 0.182 e. The maximum Gasteiger partial charge on any atom is 0.182 e. The van der Waals surface area contributed by atoms with Gasteiger partial charge in [0, 0.05) is 50.2 Å². The molecule has 0 fully saturated rings. The highest BCUT2D eigenvalue weighted by molar-refractivity contribution is 6.16. The van der Waals surface area contributed by atoms with Crippen LogP contribution in [-0.2, 0) is 0 Å². The molecule has 62 heavy (non-hydrogen) atoms. The molecular weight excluding hydrogens is 757 g/mol. The number of aromatic nitrogens is 6. The zero-order chi connectivity index (χ0) is 41.0. The van der Waals surface area contributed by atoms with Crippen molar-refractivity contribution in [3.8, 4) is 67.9 Å². The molecule has 4 aromatic heterocycles. The van der Waals surface area contributed by atoms with Gasteiger partial charge in [-0.2, -0.15) is 0 Å². The van der Waals surface area contributed by atoms with E-state index in [1.54, 1.807) is 0 Å². The van der Waals surface area contributed by atoms with Crippen molar-refractivity contribution in [2.24, 2.45) is 0 Å². The van der Waals surface area contributed by atoms with Gasteiger partial charge in [-0.1, -0.05) is 152 Å². The molecule has 0 atom stereocenters. The summed E-state index contributed by atoms with van der Waals surface area (Å²) in [7, 11) is 0. The van der Waals surface area contributed by atoms with Crippen molar-refractivity contribution in [2.45, 2.75) is 0 Å². The van der Waals surface area contributed by atoms with E-state index < -0.39 is 0 Å². The van der Waals surface area contributed by atoms with Gasteiger partial charge < -0.3 is 9.13 Å². The zero-order valence-corrected chi connectivity index (χ0v) is 33.5. The molecule has 0 bridgehead atoms. The average Bonchev–Trinajstić information content (AvgIpc) is 3.87. The van der Waals surface area contributed by atoms with Crippen molar-refractivity contribution in [1.82, 2.24) is 29.1 Å². The van der Waals surface area contributed by atoms with Gasteiger partial charge in [0.25, 0.3) is 0 Å². The number of benzene rings is 8. The highest BCUT2D eigenvalue weighted by Crippen LogP contribution is 2.40. The van der Waals surface area contributed by atoms with E-state index in [1.807, 2.05) is 66.9 Å². The minimum atomic E-state index is 0.522. The molecule has 0 aliphatic carbocycles. The lowest BCUT2D eigenvalue weighted by Gasteiger charge is -2.12. The van der Waals surface area contributed by atoms with Crippen LogP contribution in [0, 0.1) is 0 Å². The van der Waals surface area contributed by atoms with Crippen LogP contribution in [0.25, 0.3) is 112 Å². The molecule has 0 saturated carbocycles. The third kappa shape index (κ3) is 5.96. The molecule has 12 rings (SSSR count). The number of rotatable bonds is 7. The Kier molecular flexibility index (Phi) is 8.38. The Bertz CT molecular complexity index is 3570. The summed E-state index contributed by atoms with van der Waals surface area (Å²) in [5.41, 5.74) is 13.8. The van der Waals surface area contributed by atoms with Crippen LogP contribution in [0.3, 0.4) is 0 Å².